The van der Waals surface area contributed by atoms with Gasteiger partial charge in [-0.3, -0.25) is 4.99 Å². The first-order valence-corrected chi connectivity index (χ1v) is 9.78. The fourth-order valence-corrected chi connectivity index (χ4v) is 4.05. The summed E-state index contributed by atoms with van der Waals surface area (Å²) in [5, 5.41) is 10.0. The van der Waals surface area contributed by atoms with Crippen LogP contribution in [0.15, 0.2) is 22.5 Å². The molecule has 2 aromatic rings. The van der Waals surface area contributed by atoms with E-state index in [2.05, 4.69) is 60.8 Å². The Labute approximate surface area is 147 Å². The van der Waals surface area contributed by atoms with E-state index in [-0.39, 0.29) is 0 Å². The van der Waals surface area contributed by atoms with Crippen molar-refractivity contribution in [3.05, 3.63) is 38.0 Å². The van der Waals surface area contributed by atoms with Crippen LogP contribution in [-0.2, 0) is 6.42 Å². The zero-order valence-corrected chi connectivity index (χ0v) is 16.0. The van der Waals surface area contributed by atoms with E-state index in [1.807, 2.05) is 0 Å². The Morgan fingerprint density at radius 3 is 2.78 bits per heavy atom. The molecule has 0 spiro atoms. The summed E-state index contributed by atoms with van der Waals surface area (Å²) in [5.41, 5.74) is 1.16. The Bertz CT molecular complexity index is 617. The fraction of sp³-hybridized carbons (Fsp3) is 0.529. The molecule has 0 fully saturated rings. The van der Waals surface area contributed by atoms with Gasteiger partial charge in [0, 0.05) is 35.2 Å². The van der Waals surface area contributed by atoms with Crippen molar-refractivity contribution in [3.63, 3.8) is 0 Å². The molecule has 126 valence electrons. The van der Waals surface area contributed by atoms with Gasteiger partial charge in [0.2, 0.25) is 0 Å². The molecule has 23 heavy (non-hydrogen) atoms. The molecule has 4 nitrogen and oxygen atoms in total. The van der Waals surface area contributed by atoms with Crippen LogP contribution < -0.4 is 10.6 Å². The third-order valence-corrected chi connectivity index (χ3v) is 5.78. The van der Waals surface area contributed by atoms with E-state index in [9.17, 15) is 0 Å². The van der Waals surface area contributed by atoms with Gasteiger partial charge in [-0.1, -0.05) is 13.0 Å². The SMILES string of the molecule is CCNC(=NCC(C)c1cccs1)NCCc1sc(C)nc1C. The molecule has 0 saturated heterocycles. The van der Waals surface area contributed by atoms with Gasteiger partial charge in [-0.2, -0.15) is 0 Å². The molecule has 0 saturated carbocycles. The Balaban J connectivity index is 1.85. The first-order valence-electron chi connectivity index (χ1n) is 8.08. The predicted octanol–water partition coefficient (Wildman–Crippen LogP) is 3.72. The lowest BCUT2D eigenvalue weighted by molar-refractivity contribution is 0.755. The van der Waals surface area contributed by atoms with Gasteiger partial charge in [0.15, 0.2) is 5.96 Å². The van der Waals surface area contributed by atoms with Crippen LogP contribution in [0.4, 0.5) is 0 Å². The smallest absolute Gasteiger partial charge is 0.191 e. The van der Waals surface area contributed by atoms with Gasteiger partial charge in [0.05, 0.1) is 17.2 Å². The van der Waals surface area contributed by atoms with Crippen molar-refractivity contribution in [2.45, 2.75) is 40.0 Å². The number of aromatic nitrogens is 1. The normalized spacial score (nSPS) is 13.1. The number of thiophene rings is 1. The first kappa shape index (κ1) is 17.9. The van der Waals surface area contributed by atoms with Crippen molar-refractivity contribution in [1.82, 2.24) is 15.6 Å². The van der Waals surface area contributed by atoms with E-state index in [1.54, 1.807) is 22.7 Å². The molecule has 2 rings (SSSR count). The Morgan fingerprint density at radius 1 is 1.35 bits per heavy atom. The second kappa shape index (κ2) is 9.03. The largest absolute Gasteiger partial charge is 0.357 e. The minimum absolute atomic E-state index is 0.455. The quantitative estimate of drug-likeness (QED) is 0.591. The molecule has 1 atom stereocenters. The van der Waals surface area contributed by atoms with Gasteiger partial charge < -0.3 is 10.6 Å². The first-order chi connectivity index (χ1) is 11.1. The molecule has 2 heterocycles. The van der Waals surface area contributed by atoms with Gasteiger partial charge in [-0.15, -0.1) is 22.7 Å². The maximum atomic E-state index is 4.72. The van der Waals surface area contributed by atoms with Crippen LogP contribution >= 0.6 is 22.7 Å². The van der Waals surface area contributed by atoms with Crippen molar-refractivity contribution in [2.24, 2.45) is 4.99 Å². The highest BCUT2D eigenvalue weighted by atomic mass is 32.1. The summed E-state index contributed by atoms with van der Waals surface area (Å²) in [5.74, 6) is 1.35. The third kappa shape index (κ3) is 5.62. The standard InChI is InChI=1S/C17H26N4S2/c1-5-18-17(20-11-12(2)15-7-6-10-22-15)19-9-8-16-13(3)21-14(4)23-16/h6-7,10,12H,5,8-9,11H2,1-4H3,(H2,18,19,20). The molecule has 2 N–H and O–H groups in total. The van der Waals surface area contributed by atoms with Crippen molar-refractivity contribution >= 4 is 28.6 Å². The molecule has 2 aromatic heterocycles. The molecule has 0 aliphatic rings. The molecule has 0 aliphatic carbocycles. The number of nitrogens with one attached hydrogen (secondary N) is 2. The molecule has 1 unspecified atom stereocenters. The van der Waals surface area contributed by atoms with Crippen molar-refractivity contribution < 1.29 is 0 Å². The number of nitrogens with zero attached hydrogens (tertiary/aromatic N) is 2. The number of aliphatic imine (C=N–C) groups is 1. The monoisotopic (exact) mass is 350 g/mol. The summed E-state index contributed by atoms with van der Waals surface area (Å²) in [6.45, 7) is 11.0. The maximum Gasteiger partial charge on any atom is 0.191 e. The summed E-state index contributed by atoms with van der Waals surface area (Å²) >= 11 is 3.59. The highest BCUT2D eigenvalue weighted by molar-refractivity contribution is 7.11. The van der Waals surface area contributed by atoms with Crippen LogP contribution in [-0.4, -0.2) is 30.6 Å². The summed E-state index contributed by atoms with van der Waals surface area (Å²) in [7, 11) is 0. The van der Waals surface area contributed by atoms with Gasteiger partial charge in [0.1, 0.15) is 0 Å². The number of guanidine groups is 1. The molecule has 0 amide bonds. The minimum Gasteiger partial charge on any atom is -0.357 e. The lowest BCUT2D eigenvalue weighted by Crippen LogP contribution is -2.38. The lowest BCUT2D eigenvalue weighted by Gasteiger charge is -2.12. The minimum atomic E-state index is 0.455. The van der Waals surface area contributed by atoms with Crippen LogP contribution in [0.3, 0.4) is 0 Å². The van der Waals surface area contributed by atoms with E-state index >= 15 is 0 Å². The highest BCUT2D eigenvalue weighted by Gasteiger charge is 2.07. The number of hydrogen-bond donors (Lipinski definition) is 2. The van der Waals surface area contributed by atoms with E-state index < -0.39 is 0 Å². The van der Waals surface area contributed by atoms with E-state index in [0.717, 1.165) is 42.7 Å². The fourth-order valence-electron chi connectivity index (χ4n) is 2.33. The number of rotatable bonds is 7. The zero-order valence-electron chi connectivity index (χ0n) is 14.3. The molecule has 0 aromatic carbocycles. The molecule has 0 radical (unpaired) electrons. The van der Waals surface area contributed by atoms with Gasteiger partial charge >= 0.3 is 0 Å². The predicted molar refractivity (Wildman–Crippen MR) is 102 cm³/mol. The molecule has 6 heteroatoms. The molecule has 0 aliphatic heterocycles. The van der Waals surface area contributed by atoms with Crippen LogP contribution in [0.2, 0.25) is 0 Å². The average molecular weight is 351 g/mol. The Morgan fingerprint density at radius 2 is 2.17 bits per heavy atom. The van der Waals surface area contributed by atoms with Crippen LogP contribution in [0.5, 0.6) is 0 Å². The van der Waals surface area contributed by atoms with Crippen LogP contribution in [0.25, 0.3) is 0 Å². The molecular weight excluding hydrogens is 324 g/mol. The number of hydrogen-bond acceptors (Lipinski definition) is 4. The second-order valence-corrected chi connectivity index (χ2v) is 7.82. The number of thiazole rings is 1. The summed E-state index contributed by atoms with van der Waals surface area (Å²) < 4.78 is 0. The Kier molecular flexibility index (Phi) is 7.05. The van der Waals surface area contributed by atoms with Crippen molar-refractivity contribution in [3.8, 4) is 0 Å². The Hall–Kier alpha value is -1.40. The van der Waals surface area contributed by atoms with Gasteiger partial charge in [-0.05, 0) is 32.2 Å². The highest BCUT2D eigenvalue weighted by Crippen LogP contribution is 2.20. The lowest BCUT2D eigenvalue weighted by atomic mass is 10.1. The van der Waals surface area contributed by atoms with E-state index in [1.165, 1.54) is 9.75 Å². The van der Waals surface area contributed by atoms with E-state index in [0.29, 0.717) is 5.92 Å². The number of aryl methyl sites for hydroxylation is 2. The third-order valence-electron chi connectivity index (χ3n) is 3.54. The maximum absolute atomic E-state index is 4.72. The zero-order chi connectivity index (χ0) is 16.7. The summed E-state index contributed by atoms with van der Waals surface area (Å²) in [4.78, 5) is 11.9. The average Bonchev–Trinajstić information content (AvgIpc) is 3.15. The molecular formula is C17H26N4S2. The summed E-state index contributed by atoms with van der Waals surface area (Å²) in [6, 6.07) is 4.28. The van der Waals surface area contributed by atoms with E-state index in [4.69, 9.17) is 4.99 Å². The summed E-state index contributed by atoms with van der Waals surface area (Å²) in [6.07, 6.45) is 0.988. The molecule has 0 bridgehead atoms. The topological polar surface area (TPSA) is 49.3 Å². The van der Waals surface area contributed by atoms with Gasteiger partial charge in [-0.25, -0.2) is 4.98 Å². The van der Waals surface area contributed by atoms with Gasteiger partial charge in [0.25, 0.3) is 0 Å². The second-order valence-electron chi connectivity index (χ2n) is 5.55. The van der Waals surface area contributed by atoms with Crippen LogP contribution in [0, 0.1) is 13.8 Å². The van der Waals surface area contributed by atoms with Crippen molar-refractivity contribution in [2.75, 3.05) is 19.6 Å². The van der Waals surface area contributed by atoms with Crippen LogP contribution in [0.1, 0.15) is 40.2 Å². The van der Waals surface area contributed by atoms with Crippen molar-refractivity contribution in [1.29, 1.82) is 0 Å².